The van der Waals surface area contributed by atoms with Gasteiger partial charge < -0.3 is 10.6 Å². The van der Waals surface area contributed by atoms with Gasteiger partial charge in [0.05, 0.1) is 23.9 Å². The average Bonchev–Trinajstić information content (AvgIpc) is 2.82. The number of rotatable bonds is 1. The van der Waals surface area contributed by atoms with Gasteiger partial charge in [0.25, 0.3) is 0 Å². The van der Waals surface area contributed by atoms with E-state index in [0.717, 1.165) is 35.6 Å². The van der Waals surface area contributed by atoms with Crippen molar-refractivity contribution in [2.75, 3.05) is 18.4 Å². The lowest BCUT2D eigenvalue weighted by molar-refractivity contribution is 0.959. The maximum Gasteiger partial charge on any atom is 0.195 e. The first-order valence-electron chi connectivity index (χ1n) is 5.32. The van der Waals surface area contributed by atoms with Crippen LogP contribution in [0.15, 0.2) is 41.5 Å². The second-order valence-corrected chi connectivity index (χ2v) is 3.70. The van der Waals surface area contributed by atoms with E-state index >= 15 is 0 Å². The van der Waals surface area contributed by atoms with E-state index in [1.54, 1.807) is 0 Å². The Bertz CT molecular complexity index is 547. The number of aromatic nitrogens is 1. The highest BCUT2D eigenvalue weighted by Gasteiger charge is 2.05. The molecule has 1 aliphatic rings. The lowest BCUT2D eigenvalue weighted by atomic mass is 10.2. The monoisotopic (exact) mass is 212 g/mol. The summed E-state index contributed by atoms with van der Waals surface area (Å²) < 4.78 is 0. The molecule has 0 saturated carbocycles. The highest BCUT2D eigenvalue weighted by molar-refractivity contribution is 5.96. The number of pyridine rings is 1. The van der Waals surface area contributed by atoms with E-state index in [1.165, 1.54) is 0 Å². The molecule has 0 saturated heterocycles. The molecule has 80 valence electrons. The summed E-state index contributed by atoms with van der Waals surface area (Å²) in [6.07, 6.45) is 1.82. The molecule has 0 spiro atoms. The van der Waals surface area contributed by atoms with Crippen molar-refractivity contribution in [3.63, 3.8) is 0 Å². The summed E-state index contributed by atoms with van der Waals surface area (Å²) in [5.41, 5.74) is 1.97. The fourth-order valence-electron chi connectivity index (χ4n) is 1.76. The number of nitrogens with zero attached hydrogens (tertiary/aromatic N) is 2. The molecular formula is C12H12N4. The number of guanidine groups is 1. The quantitative estimate of drug-likeness (QED) is 0.755. The Hall–Kier alpha value is -2.10. The van der Waals surface area contributed by atoms with Crippen LogP contribution in [0, 0.1) is 0 Å². The van der Waals surface area contributed by atoms with Crippen LogP contribution in [0.5, 0.6) is 0 Å². The Kier molecular flexibility index (Phi) is 2.18. The Balaban J connectivity index is 1.92. The maximum absolute atomic E-state index is 4.38. The van der Waals surface area contributed by atoms with Crippen molar-refractivity contribution in [1.82, 2.24) is 10.3 Å². The second-order valence-electron chi connectivity index (χ2n) is 3.70. The van der Waals surface area contributed by atoms with Crippen molar-refractivity contribution < 1.29 is 0 Å². The summed E-state index contributed by atoms with van der Waals surface area (Å²) in [6.45, 7) is 1.74. The van der Waals surface area contributed by atoms with E-state index in [4.69, 9.17) is 0 Å². The molecule has 1 aromatic carbocycles. The Labute approximate surface area is 93.4 Å². The minimum absolute atomic E-state index is 0.831. The third-order valence-corrected chi connectivity index (χ3v) is 2.53. The largest absolute Gasteiger partial charge is 0.354 e. The van der Waals surface area contributed by atoms with Gasteiger partial charge in [0.2, 0.25) is 0 Å². The van der Waals surface area contributed by atoms with Crippen LogP contribution in [0.1, 0.15) is 0 Å². The van der Waals surface area contributed by atoms with Gasteiger partial charge in [0, 0.05) is 11.9 Å². The lowest BCUT2D eigenvalue weighted by Gasteiger charge is -2.06. The number of para-hydroxylation sites is 1. The predicted molar refractivity (Wildman–Crippen MR) is 65.7 cm³/mol. The molecule has 4 nitrogen and oxygen atoms in total. The number of fused-ring (bicyclic) bond motifs is 1. The van der Waals surface area contributed by atoms with Crippen LogP contribution >= 0.6 is 0 Å². The standard InChI is InChI=1S/C12H12N4/c1-2-4-11-9(3-1)7-10(8-15-11)16-12-13-5-6-14-12/h1-4,7-8H,5-6H2,(H2,13,14,16). The van der Waals surface area contributed by atoms with Crippen molar-refractivity contribution >= 4 is 22.5 Å². The van der Waals surface area contributed by atoms with Crippen molar-refractivity contribution in [2.45, 2.75) is 0 Å². The molecule has 2 heterocycles. The van der Waals surface area contributed by atoms with E-state index < -0.39 is 0 Å². The minimum Gasteiger partial charge on any atom is -0.354 e. The van der Waals surface area contributed by atoms with Gasteiger partial charge in [-0.2, -0.15) is 0 Å². The summed E-state index contributed by atoms with van der Waals surface area (Å²) in [5.74, 6) is 0.831. The molecule has 0 bridgehead atoms. The van der Waals surface area contributed by atoms with E-state index in [-0.39, 0.29) is 0 Å². The second kappa shape index (κ2) is 3.81. The highest BCUT2D eigenvalue weighted by Crippen LogP contribution is 2.15. The molecule has 4 heteroatoms. The molecule has 1 aromatic heterocycles. The van der Waals surface area contributed by atoms with Crippen LogP contribution in [-0.2, 0) is 0 Å². The zero-order valence-electron chi connectivity index (χ0n) is 8.77. The van der Waals surface area contributed by atoms with Crippen LogP contribution in [0.3, 0.4) is 0 Å². The summed E-state index contributed by atoms with van der Waals surface area (Å²) >= 11 is 0. The normalized spacial score (nSPS) is 14.6. The van der Waals surface area contributed by atoms with Crippen molar-refractivity contribution in [1.29, 1.82) is 0 Å². The number of benzene rings is 1. The van der Waals surface area contributed by atoms with E-state index in [1.807, 2.05) is 24.4 Å². The molecular weight excluding hydrogens is 200 g/mol. The molecule has 0 unspecified atom stereocenters. The number of aliphatic imine (C=N–C) groups is 1. The van der Waals surface area contributed by atoms with Crippen LogP contribution < -0.4 is 10.6 Å². The minimum atomic E-state index is 0.831. The zero-order valence-corrected chi connectivity index (χ0v) is 8.77. The predicted octanol–water partition coefficient (Wildman–Crippen LogP) is 1.61. The number of nitrogens with one attached hydrogen (secondary N) is 2. The number of hydrogen-bond acceptors (Lipinski definition) is 4. The Morgan fingerprint density at radius 3 is 3.06 bits per heavy atom. The summed E-state index contributed by atoms with van der Waals surface area (Å²) in [5, 5.41) is 7.50. The summed E-state index contributed by atoms with van der Waals surface area (Å²) in [4.78, 5) is 8.66. The highest BCUT2D eigenvalue weighted by atomic mass is 15.2. The third-order valence-electron chi connectivity index (χ3n) is 2.53. The first-order chi connectivity index (χ1) is 7.92. The van der Waals surface area contributed by atoms with Crippen molar-refractivity contribution in [3.05, 3.63) is 36.5 Å². The first-order valence-corrected chi connectivity index (χ1v) is 5.32. The van der Waals surface area contributed by atoms with Crippen molar-refractivity contribution in [3.8, 4) is 0 Å². The summed E-state index contributed by atoms with van der Waals surface area (Å²) in [7, 11) is 0. The molecule has 0 amide bonds. The van der Waals surface area contributed by atoms with Gasteiger partial charge in [-0.15, -0.1) is 0 Å². The molecule has 1 aliphatic heterocycles. The molecule has 3 rings (SSSR count). The van der Waals surface area contributed by atoms with Gasteiger partial charge in [-0.25, -0.2) is 0 Å². The molecule has 0 aliphatic carbocycles. The average molecular weight is 212 g/mol. The smallest absolute Gasteiger partial charge is 0.195 e. The fraction of sp³-hybridized carbons (Fsp3) is 0.167. The lowest BCUT2D eigenvalue weighted by Crippen LogP contribution is -2.26. The molecule has 16 heavy (non-hydrogen) atoms. The zero-order chi connectivity index (χ0) is 10.8. The number of hydrogen-bond donors (Lipinski definition) is 2. The molecule has 2 aromatic rings. The van der Waals surface area contributed by atoms with Gasteiger partial charge >= 0.3 is 0 Å². The SMILES string of the molecule is c1ccc2ncc(NC3=NCCN3)cc2c1. The van der Waals surface area contributed by atoms with Crippen molar-refractivity contribution in [2.24, 2.45) is 4.99 Å². The van der Waals surface area contributed by atoms with Gasteiger partial charge in [-0.05, 0) is 12.1 Å². The van der Waals surface area contributed by atoms with Crippen LogP contribution in [0.2, 0.25) is 0 Å². The number of anilines is 1. The molecule has 2 N–H and O–H groups in total. The topological polar surface area (TPSA) is 49.3 Å². The summed E-state index contributed by atoms with van der Waals surface area (Å²) in [6, 6.07) is 10.1. The molecule has 0 radical (unpaired) electrons. The molecule has 0 atom stereocenters. The third kappa shape index (κ3) is 1.69. The Morgan fingerprint density at radius 2 is 2.19 bits per heavy atom. The van der Waals surface area contributed by atoms with E-state index in [0.29, 0.717) is 0 Å². The van der Waals surface area contributed by atoms with Gasteiger partial charge in [-0.3, -0.25) is 9.98 Å². The van der Waals surface area contributed by atoms with Gasteiger partial charge in [0.15, 0.2) is 5.96 Å². The van der Waals surface area contributed by atoms with E-state index in [9.17, 15) is 0 Å². The Morgan fingerprint density at radius 1 is 1.25 bits per heavy atom. The maximum atomic E-state index is 4.38. The first kappa shape index (κ1) is 9.15. The van der Waals surface area contributed by atoms with Crippen LogP contribution in [0.25, 0.3) is 10.9 Å². The van der Waals surface area contributed by atoms with Crippen LogP contribution in [-0.4, -0.2) is 24.0 Å². The molecule has 0 fully saturated rings. The fourth-order valence-corrected chi connectivity index (χ4v) is 1.76. The van der Waals surface area contributed by atoms with Gasteiger partial charge in [-0.1, -0.05) is 18.2 Å². The van der Waals surface area contributed by atoms with Crippen LogP contribution in [0.4, 0.5) is 5.69 Å². The van der Waals surface area contributed by atoms with E-state index in [2.05, 4.69) is 32.7 Å². The van der Waals surface area contributed by atoms with Gasteiger partial charge in [0.1, 0.15) is 0 Å².